The summed E-state index contributed by atoms with van der Waals surface area (Å²) in [4.78, 5) is 26.0. The molecule has 0 fully saturated rings. The quantitative estimate of drug-likeness (QED) is 0.547. The van der Waals surface area contributed by atoms with Gasteiger partial charge >= 0.3 is 12.2 Å². The van der Waals surface area contributed by atoms with Gasteiger partial charge in [-0.3, -0.25) is 9.69 Å². The molecule has 0 saturated carbocycles. The highest BCUT2D eigenvalue weighted by Gasteiger charge is 2.38. The number of amides is 3. The number of carbonyl (C=O) groups is 2. The summed E-state index contributed by atoms with van der Waals surface area (Å²) < 4.78 is 83.4. The van der Waals surface area contributed by atoms with E-state index in [9.17, 15) is 35.9 Å². The Bertz CT molecular complexity index is 1000. The first kappa shape index (κ1) is 22.2. The third-order valence-electron chi connectivity index (χ3n) is 4.41. The molecule has 0 aromatic heterocycles. The van der Waals surface area contributed by atoms with Gasteiger partial charge in [-0.15, -0.1) is 0 Å². The van der Waals surface area contributed by atoms with Gasteiger partial charge in [0.25, 0.3) is 5.91 Å². The highest BCUT2D eigenvalue weighted by Crippen LogP contribution is 2.36. The Morgan fingerprint density at radius 2 is 1.77 bits per heavy atom. The zero-order valence-electron chi connectivity index (χ0n) is 15.8. The number of anilines is 2. The molecule has 31 heavy (non-hydrogen) atoms. The van der Waals surface area contributed by atoms with E-state index in [-0.39, 0.29) is 35.8 Å². The van der Waals surface area contributed by atoms with E-state index < -0.39 is 41.6 Å². The Balaban J connectivity index is 1.85. The third-order valence-corrected chi connectivity index (χ3v) is 4.41. The zero-order valence-corrected chi connectivity index (χ0v) is 15.8. The lowest BCUT2D eigenvalue weighted by molar-refractivity contribution is -0.149. The number of benzene rings is 2. The molecule has 0 saturated heterocycles. The van der Waals surface area contributed by atoms with Gasteiger partial charge in [0.05, 0.1) is 17.8 Å². The molecule has 0 radical (unpaired) electrons. The van der Waals surface area contributed by atoms with Crippen LogP contribution in [0.4, 0.5) is 42.5 Å². The minimum absolute atomic E-state index is 0.0327. The van der Waals surface area contributed by atoms with Crippen LogP contribution in [0, 0.1) is 17.5 Å². The predicted molar refractivity (Wildman–Crippen MR) is 97.6 cm³/mol. The van der Waals surface area contributed by atoms with Crippen LogP contribution in [0.25, 0.3) is 0 Å². The zero-order chi connectivity index (χ0) is 22.9. The summed E-state index contributed by atoms with van der Waals surface area (Å²) >= 11 is 0. The monoisotopic (exact) mass is 447 g/mol. The molecular weight excluding hydrogens is 432 g/mol. The van der Waals surface area contributed by atoms with Crippen LogP contribution in [0.2, 0.25) is 0 Å². The van der Waals surface area contributed by atoms with Crippen LogP contribution >= 0.6 is 0 Å². The van der Waals surface area contributed by atoms with Crippen molar-refractivity contribution in [1.82, 2.24) is 5.32 Å². The average Bonchev–Trinajstić information content (AvgIpc) is 2.70. The van der Waals surface area contributed by atoms with Crippen molar-refractivity contribution in [3.63, 3.8) is 0 Å². The molecule has 2 N–H and O–H groups in total. The molecule has 0 aliphatic carbocycles. The van der Waals surface area contributed by atoms with Crippen LogP contribution < -0.4 is 20.3 Å². The number of fused-ring (bicyclic) bond motifs is 1. The molecule has 12 heteroatoms. The van der Waals surface area contributed by atoms with E-state index in [0.29, 0.717) is 12.1 Å². The number of ether oxygens (including phenoxy) is 1. The Morgan fingerprint density at radius 1 is 1.13 bits per heavy atom. The van der Waals surface area contributed by atoms with Crippen LogP contribution in [-0.2, 0) is 0 Å². The maximum Gasteiger partial charge on any atom is 0.408 e. The van der Waals surface area contributed by atoms with Crippen molar-refractivity contribution in [2.75, 3.05) is 23.4 Å². The van der Waals surface area contributed by atoms with Crippen LogP contribution in [0.5, 0.6) is 5.75 Å². The molecule has 6 nitrogen and oxygen atoms in total. The summed E-state index contributed by atoms with van der Waals surface area (Å²) in [7, 11) is 0. The summed E-state index contributed by atoms with van der Waals surface area (Å²) in [6.45, 7) is 0.634. The molecule has 166 valence electrons. The summed E-state index contributed by atoms with van der Waals surface area (Å²) in [5.41, 5.74) is -0.536. The second-order valence-electron chi connectivity index (χ2n) is 6.57. The van der Waals surface area contributed by atoms with E-state index in [1.54, 1.807) is 5.32 Å². The number of rotatable bonds is 3. The molecule has 3 rings (SSSR count). The van der Waals surface area contributed by atoms with Gasteiger partial charge in [-0.1, -0.05) is 6.07 Å². The number of para-hydroxylation sites is 1. The maximum atomic E-state index is 13.4. The van der Waals surface area contributed by atoms with Crippen LogP contribution in [0.3, 0.4) is 0 Å². The standard InChI is InChI=1S/C19H15F6N3O3/c1-9(19(23,24)25)26-17(29)11-3-2-4-14-16(11)31-6-5-28(14)18(30)27-10-7-12(20)15(22)13(21)8-10/h2-4,7-9H,5-6H2,1H3,(H,26,29)(H,27,30)/t9-/m1/s1. The Labute approximate surface area is 171 Å². The molecule has 0 unspecified atom stereocenters. The molecule has 0 bridgehead atoms. The lowest BCUT2D eigenvalue weighted by atomic mass is 10.1. The minimum Gasteiger partial charge on any atom is -0.489 e. The molecule has 3 amide bonds. The van der Waals surface area contributed by atoms with E-state index >= 15 is 0 Å². The predicted octanol–water partition coefficient (Wildman–Crippen LogP) is 4.22. The smallest absolute Gasteiger partial charge is 0.408 e. The number of urea groups is 1. The van der Waals surface area contributed by atoms with Gasteiger partial charge in [0.1, 0.15) is 12.6 Å². The lowest BCUT2D eigenvalue weighted by Gasteiger charge is -2.31. The van der Waals surface area contributed by atoms with Gasteiger partial charge in [-0.05, 0) is 19.1 Å². The number of carbonyl (C=O) groups excluding carboxylic acids is 2. The molecule has 1 atom stereocenters. The van der Waals surface area contributed by atoms with Crippen molar-refractivity contribution in [3.8, 4) is 5.75 Å². The Kier molecular flexibility index (Phi) is 6.00. The number of halogens is 6. The first-order valence-corrected chi connectivity index (χ1v) is 8.85. The average molecular weight is 447 g/mol. The van der Waals surface area contributed by atoms with Crippen LogP contribution in [-0.4, -0.2) is 37.3 Å². The molecular formula is C19H15F6N3O3. The molecule has 2 aromatic rings. The van der Waals surface area contributed by atoms with Crippen LogP contribution in [0.1, 0.15) is 17.3 Å². The normalized spacial score (nSPS) is 14.4. The van der Waals surface area contributed by atoms with E-state index in [2.05, 4.69) is 5.32 Å². The van der Waals surface area contributed by atoms with Crippen molar-refractivity contribution >= 4 is 23.3 Å². The number of hydrogen-bond donors (Lipinski definition) is 2. The first-order valence-electron chi connectivity index (χ1n) is 8.85. The lowest BCUT2D eigenvalue weighted by Crippen LogP contribution is -2.44. The van der Waals surface area contributed by atoms with E-state index in [1.165, 1.54) is 18.2 Å². The molecule has 2 aromatic carbocycles. The maximum absolute atomic E-state index is 13.4. The third kappa shape index (κ3) is 4.67. The largest absolute Gasteiger partial charge is 0.489 e. The van der Waals surface area contributed by atoms with Gasteiger partial charge in [0, 0.05) is 17.8 Å². The topological polar surface area (TPSA) is 70.7 Å². The number of hydrogen-bond acceptors (Lipinski definition) is 3. The fraction of sp³-hybridized carbons (Fsp3) is 0.263. The second kappa shape index (κ2) is 8.36. The SMILES string of the molecule is C[C@@H](NC(=O)c1cccc2c1OCCN2C(=O)Nc1cc(F)c(F)c(F)c1)C(F)(F)F. The number of nitrogens with one attached hydrogen (secondary N) is 2. The summed E-state index contributed by atoms with van der Waals surface area (Å²) in [5, 5.41) is 4.00. The second-order valence-corrected chi connectivity index (χ2v) is 6.57. The van der Waals surface area contributed by atoms with Gasteiger partial charge in [0.2, 0.25) is 0 Å². The van der Waals surface area contributed by atoms with E-state index in [0.717, 1.165) is 11.8 Å². The van der Waals surface area contributed by atoms with Gasteiger partial charge < -0.3 is 15.4 Å². The summed E-state index contributed by atoms with van der Waals surface area (Å²) in [5.74, 6) is -5.90. The molecule has 1 aliphatic rings. The van der Waals surface area contributed by atoms with Crippen molar-refractivity contribution < 1.29 is 40.7 Å². The highest BCUT2D eigenvalue weighted by atomic mass is 19.4. The fourth-order valence-electron chi connectivity index (χ4n) is 2.81. The highest BCUT2D eigenvalue weighted by molar-refractivity contribution is 6.06. The Morgan fingerprint density at radius 3 is 2.39 bits per heavy atom. The van der Waals surface area contributed by atoms with Gasteiger partial charge in [-0.25, -0.2) is 18.0 Å². The summed E-state index contributed by atoms with van der Waals surface area (Å²) in [6, 6.07) is 2.10. The van der Waals surface area contributed by atoms with Crippen molar-refractivity contribution in [3.05, 3.63) is 53.3 Å². The van der Waals surface area contributed by atoms with Crippen molar-refractivity contribution in [2.45, 2.75) is 19.1 Å². The van der Waals surface area contributed by atoms with Crippen molar-refractivity contribution in [1.29, 1.82) is 0 Å². The number of alkyl halides is 3. The fourth-order valence-corrected chi connectivity index (χ4v) is 2.81. The van der Waals surface area contributed by atoms with E-state index in [1.807, 2.05) is 0 Å². The minimum atomic E-state index is -4.66. The molecule has 1 heterocycles. The van der Waals surface area contributed by atoms with E-state index in [4.69, 9.17) is 4.74 Å². The summed E-state index contributed by atoms with van der Waals surface area (Å²) in [6.07, 6.45) is -4.66. The van der Waals surface area contributed by atoms with Crippen LogP contribution in [0.15, 0.2) is 30.3 Å². The molecule has 1 aliphatic heterocycles. The Hall–Kier alpha value is -3.44. The van der Waals surface area contributed by atoms with Gasteiger partial charge in [0.15, 0.2) is 23.2 Å². The van der Waals surface area contributed by atoms with Gasteiger partial charge in [-0.2, -0.15) is 13.2 Å². The number of nitrogens with zero attached hydrogens (tertiary/aromatic N) is 1. The molecule has 0 spiro atoms. The first-order chi connectivity index (χ1) is 14.5. The van der Waals surface area contributed by atoms with Crippen molar-refractivity contribution in [2.24, 2.45) is 0 Å².